The Hall–Kier alpha value is -3.22. The zero-order valence-corrected chi connectivity index (χ0v) is 16.6. The van der Waals surface area contributed by atoms with Crippen molar-refractivity contribution >= 4 is 17.6 Å². The molecule has 29 heavy (non-hydrogen) atoms. The van der Waals surface area contributed by atoms with Crippen LogP contribution in [0.5, 0.6) is 11.5 Å². The highest BCUT2D eigenvalue weighted by Gasteiger charge is 2.23. The Bertz CT molecular complexity index is 913. The second-order valence-corrected chi connectivity index (χ2v) is 6.98. The first-order chi connectivity index (χ1) is 14.2. The molecule has 7 heteroatoms. The van der Waals surface area contributed by atoms with E-state index in [1.807, 2.05) is 48.2 Å². The number of nitrogens with zero attached hydrogens (tertiary/aromatic N) is 2. The highest BCUT2D eigenvalue weighted by atomic mass is 16.7. The largest absolute Gasteiger partial charge is 0.454 e. The van der Waals surface area contributed by atoms with Crippen molar-refractivity contribution in [3.8, 4) is 11.5 Å². The summed E-state index contributed by atoms with van der Waals surface area (Å²) in [6, 6.07) is 14.0. The summed E-state index contributed by atoms with van der Waals surface area (Å²) < 4.78 is 10.8. The van der Waals surface area contributed by atoms with E-state index in [1.165, 1.54) is 5.56 Å². The molecule has 2 aromatic rings. The third kappa shape index (κ3) is 4.45. The van der Waals surface area contributed by atoms with E-state index in [2.05, 4.69) is 21.7 Å². The Kier molecular flexibility index (Phi) is 5.84. The van der Waals surface area contributed by atoms with Crippen LogP contribution >= 0.6 is 0 Å². The molecule has 2 aliphatic heterocycles. The molecule has 0 radical (unpaired) electrons. The van der Waals surface area contributed by atoms with Gasteiger partial charge in [0, 0.05) is 25.3 Å². The first-order valence-corrected chi connectivity index (χ1v) is 10.0. The number of benzene rings is 2. The predicted molar refractivity (Wildman–Crippen MR) is 113 cm³/mol. The zero-order chi connectivity index (χ0) is 20.1. The number of anilines is 1. The van der Waals surface area contributed by atoms with Gasteiger partial charge in [-0.2, -0.15) is 0 Å². The van der Waals surface area contributed by atoms with Crippen molar-refractivity contribution in [1.29, 1.82) is 0 Å². The quantitative estimate of drug-likeness (QED) is 0.580. The Labute approximate surface area is 170 Å². The van der Waals surface area contributed by atoms with Crippen molar-refractivity contribution in [2.75, 3.05) is 37.9 Å². The number of rotatable bonds is 6. The molecule has 0 atom stereocenters. The van der Waals surface area contributed by atoms with Gasteiger partial charge in [-0.05, 0) is 49.1 Å². The van der Waals surface area contributed by atoms with Crippen molar-refractivity contribution in [1.82, 2.24) is 10.6 Å². The average Bonchev–Trinajstić information content (AvgIpc) is 3.38. The lowest BCUT2D eigenvalue weighted by atomic mass is 10.1. The molecular weight excluding hydrogens is 368 g/mol. The molecule has 0 saturated carbocycles. The third-order valence-corrected chi connectivity index (χ3v) is 5.05. The van der Waals surface area contributed by atoms with Gasteiger partial charge in [-0.15, -0.1) is 0 Å². The second kappa shape index (κ2) is 8.86. The highest BCUT2D eigenvalue weighted by molar-refractivity contribution is 5.98. The van der Waals surface area contributed by atoms with Crippen LogP contribution in [0.2, 0.25) is 0 Å². The van der Waals surface area contributed by atoms with Crippen LogP contribution in [0.25, 0.3) is 0 Å². The first-order valence-electron chi connectivity index (χ1n) is 10.0. The number of amides is 1. The molecule has 0 spiro atoms. The lowest BCUT2D eigenvalue weighted by Crippen LogP contribution is -2.39. The molecule has 1 amide bonds. The third-order valence-electron chi connectivity index (χ3n) is 5.05. The van der Waals surface area contributed by atoms with Gasteiger partial charge in [-0.1, -0.05) is 24.3 Å². The molecule has 0 aliphatic carbocycles. The molecule has 0 saturated heterocycles. The maximum absolute atomic E-state index is 12.7. The summed E-state index contributed by atoms with van der Waals surface area (Å²) in [4.78, 5) is 19.0. The molecular formula is C22H26N4O3. The van der Waals surface area contributed by atoms with Gasteiger partial charge in [-0.25, -0.2) is 4.99 Å². The van der Waals surface area contributed by atoms with E-state index in [1.54, 1.807) is 0 Å². The van der Waals surface area contributed by atoms with Crippen molar-refractivity contribution in [3.05, 3.63) is 53.6 Å². The van der Waals surface area contributed by atoms with Crippen LogP contribution in [0.15, 0.2) is 47.5 Å². The lowest BCUT2D eigenvalue weighted by Gasteiger charge is -2.17. The molecule has 0 aromatic heterocycles. The average molecular weight is 394 g/mol. The second-order valence-electron chi connectivity index (χ2n) is 6.98. The molecule has 7 nitrogen and oxygen atoms in total. The standard InChI is InChI=1S/C22H26N4O3/c1-2-23-22(24-11-9-16-7-8-19-20(13-16)29-15-28-19)25-14-21(27)26-12-10-17-5-3-4-6-18(17)26/h3-8,13H,2,9-12,14-15H2,1H3,(H2,23,24,25). The maximum Gasteiger partial charge on any atom is 0.248 e. The monoisotopic (exact) mass is 394 g/mol. The Balaban J connectivity index is 1.31. The lowest BCUT2D eigenvalue weighted by molar-refractivity contribution is -0.117. The van der Waals surface area contributed by atoms with Gasteiger partial charge < -0.3 is 25.0 Å². The fourth-order valence-electron chi connectivity index (χ4n) is 3.59. The topological polar surface area (TPSA) is 75.2 Å². The van der Waals surface area contributed by atoms with Crippen molar-refractivity contribution in [2.24, 2.45) is 4.99 Å². The summed E-state index contributed by atoms with van der Waals surface area (Å²) >= 11 is 0. The van der Waals surface area contributed by atoms with Crippen LogP contribution in [0.4, 0.5) is 5.69 Å². The minimum absolute atomic E-state index is 0.0166. The van der Waals surface area contributed by atoms with Gasteiger partial charge in [-0.3, -0.25) is 4.79 Å². The van der Waals surface area contributed by atoms with E-state index in [0.717, 1.165) is 48.7 Å². The molecule has 0 unspecified atom stereocenters. The van der Waals surface area contributed by atoms with E-state index in [-0.39, 0.29) is 19.2 Å². The molecule has 152 valence electrons. The molecule has 2 aromatic carbocycles. The number of carbonyl (C=O) groups is 1. The fourth-order valence-corrected chi connectivity index (χ4v) is 3.59. The Morgan fingerprint density at radius 1 is 1.14 bits per heavy atom. The van der Waals surface area contributed by atoms with Crippen molar-refractivity contribution in [3.63, 3.8) is 0 Å². The summed E-state index contributed by atoms with van der Waals surface area (Å²) in [5.74, 6) is 2.25. The number of aliphatic imine (C=N–C) groups is 1. The highest BCUT2D eigenvalue weighted by Crippen LogP contribution is 2.32. The van der Waals surface area contributed by atoms with Gasteiger partial charge in [0.2, 0.25) is 12.7 Å². The number of para-hydroxylation sites is 1. The number of hydrogen-bond acceptors (Lipinski definition) is 4. The summed E-state index contributed by atoms with van der Waals surface area (Å²) in [6.07, 6.45) is 1.72. The number of guanidine groups is 1. The van der Waals surface area contributed by atoms with Crippen LogP contribution in [-0.4, -0.2) is 44.8 Å². The molecule has 2 N–H and O–H groups in total. The summed E-state index contributed by atoms with van der Waals surface area (Å²) in [5, 5.41) is 6.50. The summed E-state index contributed by atoms with van der Waals surface area (Å²) in [5.41, 5.74) is 3.38. The normalized spacial score (nSPS) is 14.7. The Morgan fingerprint density at radius 2 is 2.00 bits per heavy atom. The van der Waals surface area contributed by atoms with E-state index >= 15 is 0 Å². The first kappa shape index (κ1) is 19.1. The van der Waals surface area contributed by atoms with Crippen LogP contribution < -0.4 is 25.0 Å². The number of nitrogens with one attached hydrogen (secondary N) is 2. The van der Waals surface area contributed by atoms with Gasteiger partial charge in [0.05, 0.1) is 0 Å². The van der Waals surface area contributed by atoms with E-state index in [0.29, 0.717) is 12.5 Å². The fraction of sp³-hybridized carbons (Fsp3) is 0.364. The van der Waals surface area contributed by atoms with Crippen molar-refractivity contribution < 1.29 is 14.3 Å². The molecule has 2 aliphatic rings. The maximum atomic E-state index is 12.7. The minimum atomic E-state index is 0.0166. The van der Waals surface area contributed by atoms with Gasteiger partial charge >= 0.3 is 0 Å². The number of hydrogen-bond donors (Lipinski definition) is 2. The van der Waals surface area contributed by atoms with Crippen LogP contribution in [0.1, 0.15) is 18.1 Å². The molecule has 2 heterocycles. The predicted octanol–water partition coefficient (Wildman–Crippen LogP) is 2.10. The van der Waals surface area contributed by atoms with E-state index in [9.17, 15) is 4.79 Å². The number of carbonyl (C=O) groups excluding carboxylic acids is 1. The summed E-state index contributed by atoms with van der Waals surface area (Å²) in [7, 11) is 0. The number of ether oxygens (including phenoxy) is 2. The van der Waals surface area contributed by atoms with Crippen LogP contribution in [-0.2, 0) is 17.6 Å². The molecule has 0 fully saturated rings. The SMILES string of the molecule is CCNC(=NCC(=O)N1CCc2ccccc21)NCCc1ccc2c(c1)OCO2. The molecule has 4 rings (SSSR count). The zero-order valence-electron chi connectivity index (χ0n) is 16.6. The smallest absolute Gasteiger partial charge is 0.248 e. The van der Waals surface area contributed by atoms with Gasteiger partial charge in [0.1, 0.15) is 6.54 Å². The Morgan fingerprint density at radius 3 is 2.90 bits per heavy atom. The summed E-state index contributed by atoms with van der Waals surface area (Å²) in [6.45, 7) is 4.57. The van der Waals surface area contributed by atoms with E-state index in [4.69, 9.17) is 9.47 Å². The van der Waals surface area contributed by atoms with Gasteiger partial charge in [0.15, 0.2) is 17.5 Å². The van der Waals surface area contributed by atoms with Gasteiger partial charge in [0.25, 0.3) is 0 Å². The van der Waals surface area contributed by atoms with Crippen LogP contribution in [0.3, 0.4) is 0 Å². The minimum Gasteiger partial charge on any atom is -0.454 e. The van der Waals surface area contributed by atoms with E-state index < -0.39 is 0 Å². The van der Waals surface area contributed by atoms with Crippen LogP contribution in [0, 0.1) is 0 Å². The molecule has 0 bridgehead atoms. The number of fused-ring (bicyclic) bond motifs is 2. The van der Waals surface area contributed by atoms with Crippen molar-refractivity contribution in [2.45, 2.75) is 19.8 Å².